The molecule has 1 aromatic rings. The zero-order chi connectivity index (χ0) is 15.0. The van der Waals surface area contributed by atoms with Gasteiger partial charge in [0.1, 0.15) is 0 Å². The maximum Gasteiger partial charge on any atom is 0.0637 e. The average Bonchev–Trinajstić information content (AvgIpc) is 2.47. The molecule has 0 bridgehead atoms. The van der Waals surface area contributed by atoms with Crippen molar-refractivity contribution in [2.75, 3.05) is 30.9 Å². The average molecular weight is 296 g/mol. The molecule has 0 saturated carbocycles. The second-order valence-corrected chi connectivity index (χ2v) is 6.14. The summed E-state index contributed by atoms with van der Waals surface area (Å²) in [5, 5.41) is 0. The van der Waals surface area contributed by atoms with E-state index in [0.717, 1.165) is 25.3 Å². The first kappa shape index (κ1) is 17.3. The Hall–Kier alpha value is -0.710. The molecule has 1 rings (SSSR count). The third-order valence-electron chi connectivity index (χ3n) is 3.58. The molecule has 0 aliphatic rings. The van der Waals surface area contributed by atoms with Gasteiger partial charge in [0.15, 0.2) is 0 Å². The molecule has 0 heterocycles. The Kier molecular flexibility index (Phi) is 8.04. The number of rotatable bonds is 9. The zero-order valence-electron chi connectivity index (χ0n) is 13.2. The van der Waals surface area contributed by atoms with Gasteiger partial charge in [-0.15, -0.1) is 11.8 Å². The molecule has 1 unspecified atom stereocenters. The normalized spacial score (nSPS) is 12.4. The number of thioether (sulfide) groups is 1. The highest BCUT2D eigenvalue weighted by Gasteiger charge is 2.17. The van der Waals surface area contributed by atoms with Crippen LogP contribution in [0.3, 0.4) is 0 Å². The van der Waals surface area contributed by atoms with Crippen LogP contribution in [-0.4, -0.2) is 32.1 Å². The van der Waals surface area contributed by atoms with Crippen LogP contribution in [0, 0.1) is 0 Å². The van der Waals surface area contributed by atoms with Crippen molar-refractivity contribution in [2.45, 2.75) is 44.7 Å². The van der Waals surface area contributed by atoms with Crippen molar-refractivity contribution in [1.82, 2.24) is 0 Å². The van der Waals surface area contributed by atoms with Crippen molar-refractivity contribution >= 4 is 17.4 Å². The van der Waals surface area contributed by atoms with Crippen molar-refractivity contribution in [1.29, 1.82) is 0 Å². The van der Waals surface area contributed by atoms with Crippen molar-refractivity contribution in [2.24, 2.45) is 5.73 Å². The first-order valence-corrected chi connectivity index (χ1v) is 8.38. The van der Waals surface area contributed by atoms with E-state index in [9.17, 15) is 0 Å². The highest BCUT2D eigenvalue weighted by molar-refractivity contribution is 7.99. The highest BCUT2D eigenvalue weighted by atomic mass is 32.2. The minimum Gasteiger partial charge on any atom is -0.383 e. The van der Waals surface area contributed by atoms with Gasteiger partial charge in [0.25, 0.3) is 0 Å². The molecule has 4 heteroatoms. The third-order valence-corrected chi connectivity index (χ3v) is 4.56. The summed E-state index contributed by atoms with van der Waals surface area (Å²) in [5.74, 6) is 1.07. The summed E-state index contributed by atoms with van der Waals surface area (Å²) in [6, 6.07) is 6.97. The van der Waals surface area contributed by atoms with Gasteiger partial charge in [-0.25, -0.2) is 0 Å². The Morgan fingerprint density at radius 3 is 2.65 bits per heavy atom. The molecule has 20 heavy (non-hydrogen) atoms. The van der Waals surface area contributed by atoms with Crippen LogP contribution in [0.5, 0.6) is 0 Å². The summed E-state index contributed by atoms with van der Waals surface area (Å²) >= 11 is 1.86. The van der Waals surface area contributed by atoms with Crippen LogP contribution in [0.25, 0.3) is 0 Å². The predicted octanol–water partition coefficient (Wildman–Crippen LogP) is 3.51. The molecule has 0 aromatic heterocycles. The molecule has 0 fully saturated rings. The molecule has 1 aromatic carbocycles. The smallest absolute Gasteiger partial charge is 0.0637 e. The molecular formula is C16H28N2OS. The molecule has 0 spiro atoms. The lowest BCUT2D eigenvalue weighted by atomic mass is 10.1. The Labute approximate surface area is 127 Å². The van der Waals surface area contributed by atoms with E-state index in [-0.39, 0.29) is 0 Å². The van der Waals surface area contributed by atoms with Crippen LogP contribution in [-0.2, 0) is 11.3 Å². The van der Waals surface area contributed by atoms with E-state index < -0.39 is 0 Å². The van der Waals surface area contributed by atoms with E-state index in [1.807, 2.05) is 11.8 Å². The lowest BCUT2D eigenvalue weighted by Crippen LogP contribution is -2.36. The minimum absolute atomic E-state index is 0.484. The molecule has 3 nitrogen and oxygen atoms in total. The van der Waals surface area contributed by atoms with Crippen LogP contribution in [0.15, 0.2) is 23.1 Å². The lowest BCUT2D eigenvalue weighted by Gasteiger charge is -2.33. The van der Waals surface area contributed by atoms with Gasteiger partial charge >= 0.3 is 0 Å². The summed E-state index contributed by atoms with van der Waals surface area (Å²) in [7, 11) is 1.75. The summed E-state index contributed by atoms with van der Waals surface area (Å²) < 4.78 is 5.26. The van der Waals surface area contributed by atoms with Crippen molar-refractivity contribution in [3.8, 4) is 0 Å². The molecule has 2 N–H and O–H groups in total. The molecule has 0 saturated heterocycles. The number of anilines is 1. The number of hydrogen-bond acceptors (Lipinski definition) is 4. The molecule has 0 radical (unpaired) electrons. The van der Waals surface area contributed by atoms with Gasteiger partial charge in [-0.3, -0.25) is 0 Å². The van der Waals surface area contributed by atoms with Gasteiger partial charge in [0, 0.05) is 42.4 Å². The zero-order valence-corrected chi connectivity index (χ0v) is 14.0. The van der Waals surface area contributed by atoms with Crippen molar-refractivity contribution < 1.29 is 4.74 Å². The minimum atomic E-state index is 0.484. The summed E-state index contributed by atoms with van der Waals surface area (Å²) in [4.78, 5) is 3.73. The van der Waals surface area contributed by atoms with Crippen molar-refractivity contribution in [3.63, 3.8) is 0 Å². The van der Waals surface area contributed by atoms with E-state index in [4.69, 9.17) is 10.5 Å². The van der Waals surface area contributed by atoms with Crippen LogP contribution in [0.4, 0.5) is 5.69 Å². The van der Waals surface area contributed by atoms with Crippen LogP contribution >= 0.6 is 11.8 Å². The quantitative estimate of drug-likeness (QED) is 0.708. The Bertz CT molecular complexity index is 398. The van der Waals surface area contributed by atoms with E-state index in [1.54, 1.807) is 7.11 Å². The standard InChI is InChI=1S/C16H28N2OS/c1-5-13(3)18(10-11-19-4)15-8-7-9-16(20-6-2)14(15)12-17/h7-9,13H,5-6,10-12,17H2,1-4H3. The van der Waals surface area contributed by atoms with Gasteiger partial charge in [0.05, 0.1) is 6.61 Å². The molecule has 0 amide bonds. The summed E-state index contributed by atoms with van der Waals surface area (Å²) in [6.45, 7) is 8.87. The number of nitrogens with zero attached hydrogens (tertiary/aromatic N) is 1. The van der Waals surface area contributed by atoms with Gasteiger partial charge in [-0.1, -0.05) is 19.9 Å². The maximum absolute atomic E-state index is 6.02. The van der Waals surface area contributed by atoms with E-state index >= 15 is 0 Å². The fourth-order valence-corrected chi connectivity index (χ4v) is 3.16. The number of benzene rings is 1. The largest absolute Gasteiger partial charge is 0.383 e. The van der Waals surface area contributed by atoms with Gasteiger partial charge in [0.2, 0.25) is 0 Å². The monoisotopic (exact) mass is 296 g/mol. The van der Waals surface area contributed by atoms with Gasteiger partial charge < -0.3 is 15.4 Å². The highest BCUT2D eigenvalue weighted by Crippen LogP contribution is 2.31. The molecule has 1 atom stereocenters. The predicted molar refractivity (Wildman–Crippen MR) is 89.7 cm³/mol. The van der Waals surface area contributed by atoms with E-state index in [0.29, 0.717) is 12.6 Å². The topological polar surface area (TPSA) is 38.5 Å². The number of nitrogens with two attached hydrogens (primary N) is 1. The fourth-order valence-electron chi connectivity index (χ4n) is 2.31. The second kappa shape index (κ2) is 9.27. The Balaban J connectivity index is 3.13. The molecule has 0 aliphatic heterocycles. The van der Waals surface area contributed by atoms with Crippen LogP contribution in [0.1, 0.15) is 32.8 Å². The van der Waals surface area contributed by atoms with E-state index in [2.05, 4.69) is 43.9 Å². The Morgan fingerprint density at radius 1 is 1.35 bits per heavy atom. The van der Waals surface area contributed by atoms with Gasteiger partial charge in [-0.2, -0.15) is 0 Å². The maximum atomic E-state index is 6.02. The molecule has 0 aliphatic carbocycles. The first-order valence-electron chi connectivity index (χ1n) is 7.39. The van der Waals surface area contributed by atoms with Crippen LogP contribution < -0.4 is 10.6 Å². The lowest BCUT2D eigenvalue weighted by molar-refractivity contribution is 0.203. The second-order valence-electron chi connectivity index (χ2n) is 4.83. The van der Waals surface area contributed by atoms with Gasteiger partial charge in [-0.05, 0) is 31.2 Å². The SMILES string of the molecule is CCSc1cccc(N(CCOC)C(C)CC)c1CN. The van der Waals surface area contributed by atoms with Crippen molar-refractivity contribution in [3.05, 3.63) is 23.8 Å². The molecule has 114 valence electrons. The first-order chi connectivity index (χ1) is 9.69. The molecular weight excluding hydrogens is 268 g/mol. The number of methoxy groups -OCH3 is 1. The number of hydrogen-bond donors (Lipinski definition) is 1. The number of ether oxygens (including phenoxy) is 1. The van der Waals surface area contributed by atoms with Crippen LogP contribution in [0.2, 0.25) is 0 Å². The summed E-state index contributed by atoms with van der Waals surface area (Å²) in [6.07, 6.45) is 1.11. The summed E-state index contributed by atoms with van der Waals surface area (Å²) in [5.41, 5.74) is 8.54. The Morgan fingerprint density at radius 2 is 2.10 bits per heavy atom. The third kappa shape index (κ3) is 4.40. The fraction of sp³-hybridized carbons (Fsp3) is 0.625. The van der Waals surface area contributed by atoms with E-state index in [1.165, 1.54) is 16.1 Å².